The number of fused-ring (bicyclic) bond motifs is 1. The van der Waals surface area contributed by atoms with Crippen molar-refractivity contribution in [2.75, 3.05) is 11.9 Å². The number of amides is 1. The molecule has 1 aromatic carbocycles. The van der Waals surface area contributed by atoms with Crippen LogP contribution in [0.4, 0.5) is 46.8 Å². The van der Waals surface area contributed by atoms with Gasteiger partial charge in [0.15, 0.2) is 12.3 Å². The Morgan fingerprint density at radius 3 is 2.41 bits per heavy atom. The lowest BCUT2D eigenvalue weighted by Crippen LogP contribution is -2.40. The number of anilines is 2. The number of aromatic amines is 1. The van der Waals surface area contributed by atoms with Crippen molar-refractivity contribution in [1.29, 1.82) is 0 Å². The summed E-state index contributed by atoms with van der Waals surface area (Å²) in [7, 11) is 0. The molecule has 4 rings (SSSR count). The summed E-state index contributed by atoms with van der Waals surface area (Å²) in [6.45, 7) is -1.12. The van der Waals surface area contributed by atoms with E-state index in [0.29, 0.717) is 0 Å². The number of alkyl halides is 8. The van der Waals surface area contributed by atoms with E-state index >= 15 is 0 Å². The number of carbonyl (C=O) groups is 1. The molecular formula is C23H20ClF8N5O2. The van der Waals surface area contributed by atoms with E-state index in [1.165, 1.54) is 6.07 Å². The molecule has 0 spiro atoms. The molecule has 7 nitrogen and oxygen atoms in total. The van der Waals surface area contributed by atoms with Gasteiger partial charge in [-0.3, -0.25) is 4.79 Å². The standard InChI is InChI=1S/C23H20ClF8N5O2/c24-14-3-1-2-13(23(30,31)32)17(14)35-21-34-15-8-12(20(36-18(15)37-21)39-9-16(25)26)19(38)33-11-6-4-10(5-7-11)22(27,28)29/h1-3,8,10-11,16H,4-7,9H2,(H,33,38)(H2,34,35,36,37)/t10-,11-. The van der Waals surface area contributed by atoms with Crippen LogP contribution in [0.5, 0.6) is 5.88 Å². The number of carbonyl (C=O) groups excluding carboxylic acids is 1. The maximum absolute atomic E-state index is 13.4. The number of hydrogen-bond donors (Lipinski definition) is 3. The highest BCUT2D eigenvalue weighted by Crippen LogP contribution is 2.40. The van der Waals surface area contributed by atoms with Gasteiger partial charge in [0.05, 0.1) is 22.2 Å². The average Bonchev–Trinajstić information content (AvgIpc) is 3.23. The number of rotatable bonds is 7. The Kier molecular flexibility index (Phi) is 8.09. The smallest absolute Gasteiger partial charge is 0.418 e. The number of para-hydroxylation sites is 1. The second-order valence-electron chi connectivity index (χ2n) is 8.85. The predicted molar refractivity (Wildman–Crippen MR) is 124 cm³/mol. The number of hydrogen-bond acceptors (Lipinski definition) is 5. The van der Waals surface area contributed by atoms with Gasteiger partial charge in [0.2, 0.25) is 11.8 Å². The summed E-state index contributed by atoms with van der Waals surface area (Å²) in [5.41, 5.74) is -2.05. The third-order valence-corrected chi connectivity index (χ3v) is 6.43. The van der Waals surface area contributed by atoms with Crippen molar-refractivity contribution in [3.63, 3.8) is 0 Å². The van der Waals surface area contributed by atoms with E-state index in [1.54, 1.807) is 0 Å². The van der Waals surface area contributed by atoms with Crippen LogP contribution in [-0.2, 0) is 6.18 Å². The van der Waals surface area contributed by atoms with Crippen LogP contribution in [0, 0.1) is 5.92 Å². The van der Waals surface area contributed by atoms with Crippen LogP contribution in [0.25, 0.3) is 11.2 Å². The third kappa shape index (κ3) is 6.81. The minimum atomic E-state index is -4.75. The highest BCUT2D eigenvalue weighted by molar-refractivity contribution is 6.33. The number of H-pyrrole nitrogens is 1. The number of nitrogens with zero attached hydrogens (tertiary/aromatic N) is 2. The van der Waals surface area contributed by atoms with Crippen LogP contribution < -0.4 is 15.4 Å². The van der Waals surface area contributed by atoms with Crippen LogP contribution in [-0.4, -0.2) is 46.1 Å². The lowest BCUT2D eigenvalue weighted by molar-refractivity contribution is -0.182. The fourth-order valence-corrected chi connectivity index (χ4v) is 4.45. The van der Waals surface area contributed by atoms with Crippen molar-refractivity contribution in [2.24, 2.45) is 5.92 Å². The number of aromatic nitrogens is 3. The number of halogens is 9. The average molecular weight is 586 g/mol. The van der Waals surface area contributed by atoms with E-state index in [4.69, 9.17) is 16.3 Å². The fourth-order valence-electron chi connectivity index (χ4n) is 4.23. The molecule has 1 amide bonds. The second-order valence-corrected chi connectivity index (χ2v) is 9.25. The molecule has 212 valence electrons. The van der Waals surface area contributed by atoms with Gasteiger partial charge in [-0.15, -0.1) is 0 Å². The SMILES string of the molecule is O=C(N[C@H]1CC[C@H](C(F)(F)F)CC1)c1cc2nc(Nc3c(Cl)cccc3C(F)(F)F)[nH]c2nc1OCC(F)F. The van der Waals surface area contributed by atoms with Crippen LogP contribution in [0.2, 0.25) is 5.02 Å². The van der Waals surface area contributed by atoms with Crippen molar-refractivity contribution in [2.45, 2.75) is 50.5 Å². The largest absolute Gasteiger partial charge is 0.471 e. The van der Waals surface area contributed by atoms with Crippen LogP contribution in [0.3, 0.4) is 0 Å². The van der Waals surface area contributed by atoms with Gasteiger partial charge in [0.1, 0.15) is 11.1 Å². The number of nitrogens with one attached hydrogen (secondary N) is 3. The molecule has 0 radical (unpaired) electrons. The first kappa shape index (κ1) is 28.6. The van der Waals surface area contributed by atoms with E-state index in [1.807, 2.05) is 0 Å². The first-order chi connectivity index (χ1) is 18.2. The lowest BCUT2D eigenvalue weighted by atomic mass is 9.85. The van der Waals surface area contributed by atoms with Crippen molar-refractivity contribution in [3.05, 3.63) is 40.4 Å². The van der Waals surface area contributed by atoms with Crippen molar-refractivity contribution in [3.8, 4) is 5.88 Å². The summed E-state index contributed by atoms with van der Waals surface area (Å²) in [6.07, 6.45) is -12.3. The minimum absolute atomic E-state index is 0.0339. The summed E-state index contributed by atoms with van der Waals surface area (Å²) in [4.78, 5) is 23.6. The second kappa shape index (κ2) is 11.0. The Balaban J connectivity index is 1.61. The first-order valence-corrected chi connectivity index (χ1v) is 11.9. The number of ether oxygens (including phenoxy) is 1. The highest BCUT2D eigenvalue weighted by atomic mass is 35.5. The molecule has 3 N–H and O–H groups in total. The van der Waals surface area contributed by atoms with Gasteiger partial charge >= 0.3 is 12.4 Å². The molecule has 16 heteroatoms. The van der Waals surface area contributed by atoms with Gasteiger partial charge < -0.3 is 20.4 Å². The predicted octanol–water partition coefficient (Wildman–Crippen LogP) is 6.87. The zero-order chi connectivity index (χ0) is 28.5. The number of pyridine rings is 1. The van der Waals surface area contributed by atoms with Gasteiger partial charge in [-0.05, 0) is 43.9 Å². The summed E-state index contributed by atoms with van der Waals surface area (Å²) >= 11 is 5.95. The Bertz CT molecular complexity index is 1340. The monoisotopic (exact) mass is 585 g/mol. The lowest BCUT2D eigenvalue weighted by Gasteiger charge is -2.30. The molecule has 2 aromatic heterocycles. The maximum Gasteiger partial charge on any atom is 0.418 e. The van der Waals surface area contributed by atoms with Gasteiger partial charge in [0, 0.05) is 6.04 Å². The van der Waals surface area contributed by atoms with Gasteiger partial charge in [-0.25, -0.2) is 13.8 Å². The Labute approximate surface area is 220 Å². The molecule has 3 aromatic rings. The van der Waals surface area contributed by atoms with Gasteiger partial charge in [-0.1, -0.05) is 17.7 Å². The summed E-state index contributed by atoms with van der Waals surface area (Å²) < 4.78 is 110. The van der Waals surface area contributed by atoms with Crippen molar-refractivity contribution < 1.29 is 44.7 Å². The molecular weight excluding hydrogens is 566 g/mol. The summed E-state index contributed by atoms with van der Waals surface area (Å²) in [5.74, 6) is -3.08. The maximum atomic E-state index is 13.4. The van der Waals surface area contributed by atoms with E-state index in [9.17, 15) is 39.9 Å². The molecule has 39 heavy (non-hydrogen) atoms. The fraction of sp³-hybridized carbons (Fsp3) is 0.435. The summed E-state index contributed by atoms with van der Waals surface area (Å²) in [6, 6.07) is 3.66. The topological polar surface area (TPSA) is 91.9 Å². The third-order valence-electron chi connectivity index (χ3n) is 6.11. The Morgan fingerprint density at radius 2 is 1.79 bits per heavy atom. The molecule has 0 saturated heterocycles. The van der Waals surface area contributed by atoms with E-state index in [0.717, 1.165) is 18.2 Å². The molecule has 1 aliphatic carbocycles. The first-order valence-electron chi connectivity index (χ1n) is 11.5. The van der Waals surface area contributed by atoms with E-state index in [-0.39, 0.29) is 53.4 Å². The molecule has 0 unspecified atom stereocenters. The Hall–Kier alpha value is -3.36. The molecule has 0 atom stereocenters. The minimum Gasteiger partial charge on any atom is -0.471 e. The summed E-state index contributed by atoms with van der Waals surface area (Å²) in [5, 5.41) is 4.73. The normalized spacial score (nSPS) is 18.4. The van der Waals surface area contributed by atoms with Crippen LogP contribution >= 0.6 is 11.6 Å². The molecule has 2 heterocycles. The molecule has 0 bridgehead atoms. The van der Waals surface area contributed by atoms with Crippen LogP contribution in [0.15, 0.2) is 24.3 Å². The molecule has 0 aliphatic heterocycles. The zero-order valence-corrected chi connectivity index (χ0v) is 20.4. The van der Waals surface area contributed by atoms with Crippen LogP contribution in [0.1, 0.15) is 41.6 Å². The zero-order valence-electron chi connectivity index (χ0n) is 19.7. The highest BCUT2D eigenvalue weighted by Gasteiger charge is 2.41. The molecule has 1 fully saturated rings. The molecule has 1 aliphatic rings. The van der Waals surface area contributed by atoms with Crippen molar-refractivity contribution in [1.82, 2.24) is 20.3 Å². The van der Waals surface area contributed by atoms with Gasteiger partial charge in [0.25, 0.3) is 12.3 Å². The quantitative estimate of drug-likeness (QED) is 0.263. The van der Waals surface area contributed by atoms with E-state index in [2.05, 4.69) is 25.6 Å². The van der Waals surface area contributed by atoms with Gasteiger partial charge in [-0.2, -0.15) is 31.3 Å². The Morgan fingerprint density at radius 1 is 1.10 bits per heavy atom. The van der Waals surface area contributed by atoms with Crippen molar-refractivity contribution >= 4 is 40.3 Å². The number of imidazole rings is 1. The van der Waals surface area contributed by atoms with E-state index < -0.39 is 60.4 Å². The number of benzene rings is 1. The molecule has 1 saturated carbocycles.